The van der Waals surface area contributed by atoms with Crippen molar-refractivity contribution in [3.63, 3.8) is 0 Å². The van der Waals surface area contributed by atoms with E-state index in [1.807, 2.05) is 31.2 Å². The average Bonchev–Trinajstić information content (AvgIpc) is 2.44. The third-order valence-electron chi connectivity index (χ3n) is 3.14. The number of esters is 1. The molecule has 1 aliphatic rings. The molecule has 1 saturated heterocycles. The molecular weight excluding hydrogens is 240 g/mol. The molecule has 1 aliphatic heterocycles. The zero-order valence-corrected chi connectivity index (χ0v) is 11.3. The number of carbonyl (C=O) groups is 1. The molecule has 3 nitrogen and oxygen atoms in total. The molecule has 1 aromatic carbocycles. The van der Waals surface area contributed by atoms with Gasteiger partial charge in [-0.05, 0) is 37.8 Å². The molecule has 0 radical (unpaired) electrons. The van der Waals surface area contributed by atoms with Crippen LogP contribution in [0.25, 0.3) is 6.08 Å². The number of hydrogen-bond donors (Lipinski definition) is 0. The van der Waals surface area contributed by atoms with Gasteiger partial charge in [0.25, 0.3) is 0 Å². The molecule has 1 heterocycles. The van der Waals surface area contributed by atoms with Crippen LogP contribution in [-0.2, 0) is 14.3 Å². The fourth-order valence-corrected chi connectivity index (χ4v) is 2.10. The van der Waals surface area contributed by atoms with Gasteiger partial charge in [0.2, 0.25) is 0 Å². The van der Waals surface area contributed by atoms with Gasteiger partial charge in [0.15, 0.2) is 0 Å². The molecule has 0 N–H and O–H groups in total. The summed E-state index contributed by atoms with van der Waals surface area (Å²) in [5, 5.41) is 0. The highest BCUT2D eigenvalue weighted by Crippen LogP contribution is 2.13. The number of rotatable bonds is 4. The zero-order valence-electron chi connectivity index (χ0n) is 11.3. The van der Waals surface area contributed by atoms with Crippen molar-refractivity contribution in [3.8, 4) is 0 Å². The predicted molar refractivity (Wildman–Crippen MR) is 74.8 cm³/mol. The van der Waals surface area contributed by atoms with Gasteiger partial charge in [-0.3, -0.25) is 0 Å². The summed E-state index contributed by atoms with van der Waals surface area (Å²) in [5.41, 5.74) is 2.18. The SMILES string of the molecule is Cc1cccc(/C=C/C(=O)OCC2CCCCO2)c1. The molecule has 1 fully saturated rings. The first kappa shape index (κ1) is 13.8. The van der Waals surface area contributed by atoms with Gasteiger partial charge in [-0.1, -0.05) is 29.8 Å². The molecule has 1 aromatic rings. The van der Waals surface area contributed by atoms with Gasteiger partial charge >= 0.3 is 5.97 Å². The standard InChI is InChI=1S/C16H20O3/c1-13-5-4-6-14(11-13)8-9-16(17)19-12-15-7-2-3-10-18-15/h4-6,8-9,11,15H,2-3,7,10,12H2,1H3/b9-8+. The highest BCUT2D eigenvalue weighted by molar-refractivity contribution is 5.87. The predicted octanol–water partition coefficient (Wildman–Crippen LogP) is 3.12. The van der Waals surface area contributed by atoms with Gasteiger partial charge in [-0.2, -0.15) is 0 Å². The summed E-state index contributed by atoms with van der Waals surface area (Å²) in [5.74, 6) is -0.310. The molecule has 1 atom stereocenters. The first-order chi connectivity index (χ1) is 9.24. The first-order valence-corrected chi connectivity index (χ1v) is 6.77. The van der Waals surface area contributed by atoms with E-state index in [1.165, 1.54) is 11.6 Å². The van der Waals surface area contributed by atoms with E-state index in [2.05, 4.69) is 0 Å². The second-order valence-corrected chi connectivity index (χ2v) is 4.87. The number of benzene rings is 1. The summed E-state index contributed by atoms with van der Waals surface area (Å²) in [7, 11) is 0. The summed E-state index contributed by atoms with van der Waals surface area (Å²) in [6.45, 7) is 3.16. The van der Waals surface area contributed by atoms with E-state index in [1.54, 1.807) is 6.08 Å². The summed E-state index contributed by atoms with van der Waals surface area (Å²) < 4.78 is 10.7. The van der Waals surface area contributed by atoms with Crippen molar-refractivity contribution >= 4 is 12.0 Å². The van der Waals surface area contributed by atoms with Crippen molar-refractivity contribution in [2.75, 3.05) is 13.2 Å². The number of aryl methyl sites for hydroxylation is 1. The lowest BCUT2D eigenvalue weighted by molar-refractivity contribution is -0.143. The van der Waals surface area contributed by atoms with E-state index in [0.717, 1.165) is 31.4 Å². The van der Waals surface area contributed by atoms with Crippen LogP contribution >= 0.6 is 0 Å². The van der Waals surface area contributed by atoms with Crippen LogP contribution in [0, 0.1) is 6.92 Å². The van der Waals surface area contributed by atoms with Crippen molar-refractivity contribution in [3.05, 3.63) is 41.5 Å². The van der Waals surface area contributed by atoms with Crippen LogP contribution in [0.5, 0.6) is 0 Å². The van der Waals surface area contributed by atoms with E-state index in [0.29, 0.717) is 6.61 Å². The Balaban J connectivity index is 1.77. The topological polar surface area (TPSA) is 35.5 Å². The third kappa shape index (κ3) is 4.87. The maximum atomic E-state index is 11.6. The van der Waals surface area contributed by atoms with E-state index < -0.39 is 0 Å². The Morgan fingerprint density at radius 2 is 2.37 bits per heavy atom. The molecule has 2 rings (SSSR count). The minimum Gasteiger partial charge on any atom is -0.460 e. The van der Waals surface area contributed by atoms with Crippen LogP contribution in [0.15, 0.2) is 30.3 Å². The molecule has 0 saturated carbocycles. The minimum atomic E-state index is -0.310. The minimum absolute atomic E-state index is 0.0741. The first-order valence-electron chi connectivity index (χ1n) is 6.77. The highest BCUT2D eigenvalue weighted by atomic mass is 16.6. The van der Waals surface area contributed by atoms with Gasteiger partial charge in [0.1, 0.15) is 6.61 Å². The van der Waals surface area contributed by atoms with Gasteiger partial charge in [0, 0.05) is 12.7 Å². The van der Waals surface area contributed by atoms with Gasteiger partial charge in [-0.25, -0.2) is 4.79 Å². The Kier molecular flexibility index (Phi) is 5.16. The molecule has 0 amide bonds. The Morgan fingerprint density at radius 3 is 3.11 bits per heavy atom. The van der Waals surface area contributed by atoms with Crippen LogP contribution in [0.2, 0.25) is 0 Å². The van der Waals surface area contributed by atoms with Crippen molar-refractivity contribution in [1.82, 2.24) is 0 Å². The van der Waals surface area contributed by atoms with Gasteiger partial charge in [-0.15, -0.1) is 0 Å². The van der Waals surface area contributed by atoms with Gasteiger partial charge in [0.05, 0.1) is 6.10 Å². The fraction of sp³-hybridized carbons (Fsp3) is 0.438. The molecule has 0 bridgehead atoms. The maximum absolute atomic E-state index is 11.6. The van der Waals surface area contributed by atoms with Crippen LogP contribution in [0.1, 0.15) is 30.4 Å². The molecule has 3 heteroatoms. The quantitative estimate of drug-likeness (QED) is 0.616. The van der Waals surface area contributed by atoms with Crippen molar-refractivity contribution in [1.29, 1.82) is 0 Å². The lowest BCUT2D eigenvalue weighted by Crippen LogP contribution is -2.25. The second kappa shape index (κ2) is 7.10. The Hall–Kier alpha value is -1.61. The Bertz CT molecular complexity index is 445. The summed E-state index contributed by atoms with van der Waals surface area (Å²) in [6, 6.07) is 7.97. The van der Waals surface area contributed by atoms with Gasteiger partial charge < -0.3 is 9.47 Å². The lowest BCUT2D eigenvalue weighted by Gasteiger charge is -2.21. The molecule has 102 valence electrons. The number of hydrogen-bond acceptors (Lipinski definition) is 3. The van der Waals surface area contributed by atoms with Crippen LogP contribution in [0.3, 0.4) is 0 Å². The molecule has 0 spiro atoms. The highest BCUT2D eigenvalue weighted by Gasteiger charge is 2.14. The molecular formula is C16H20O3. The molecule has 0 aliphatic carbocycles. The monoisotopic (exact) mass is 260 g/mol. The van der Waals surface area contributed by atoms with E-state index >= 15 is 0 Å². The smallest absolute Gasteiger partial charge is 0.330 e. The molecule has 1 unspecified atom stereocenters. The average molecular weight is 260 g/mol. The van der Waals surface area contributed by atoms with Crippen molar-refractivity contribution in [2.24, 2.45) is 0 Å². The fourth-order valence-electron chi connectivity index (χ4n) is 2.10. The van der Waals surface area contributed by atoms with E-state index in [4.69, 9.17) is 9.47 Å². The second-order valence-electron chi connectivity index (χ2n) is 4.87. The number of ether oxygens (including phenoxy) is 2. The molecule has 19 heavy (non-hydrogen) atoms. The van der Waals surface area contributed by atoms with Crippen LogP contribution in [-0.4, -0.2) is 25.3 Å². The summed E-state index contributed by atoms with van der Waals surface area (Å²) in [6.07, 6.45) is 6.56. The summed E-state index contributed by atoms with van der Waals surface area (Å²) in [4.78, 5) is 11.6. The maximum Gasteiger partial charge on any atom is 0.330 e. The summed E-state index contributed by atoms with van der Waals surface area (Å²) >= 11 is 0. The lowest BCUT2D eigenvalue weighted by atomic mass is 10.1. The van der Waals surface area contributed by atoms with E-state index in [9.17, 15) is 4.79 Å². The van der Waals surface area contributed by atoms with E-state index in [-0.39, 0.29) is 12.1 Å². The third-order valence-corrected chi connectivity index (χ3v) is 3.14. The largest absolute Gasteiger partial charge is 0.460 e. The van der Waals surface area contributed by atoms with Crippen molar-refractivity contribution in [2.45, 2.75) is 32.3 Å². The van der Waals surface area contributed by atoms with Crippen LogP contribution < -0.4 is 0 Å². The number of carbonyl (C=O) groups excluding carboxylic acids is 1. The molecule has 0 aromatic heterocycles. The Morgan fingerprint density at radius 1 is 1.47 bits per heavy atom. The van der Waals surface area contributed by atoms with Crippen molar-refractivity contribution < 1.29 is 14.3 Å². The normalized spacial score (nSPS) is 19.5. The Labute approximate surface area is 114 Å². The van der Waals surface area contributed by atoms with Crippen LogP contribution in [0.4, 0.5) is 0 Å². The zero-order chi connectivity index (χ0) is 13.5.